The molecule has 1 aliphatic carbocycles. The van der Waals surface area contributed by atoms with Crippen molar-refractivity contribution in [3.8, 4) is 0 Å². The van der Waals surface area contributed by atoms with E-state index < -0.39 is 12.4 Å². The lowest BCUT2D eigenvalue weighted by atomic mass is 10.1. The molecule has 1 nitrogen and oxygen atoms in total. The van der Waals surface area contributed by atoms with E-state index >= 15 is 0 Å². The average Bonchev–Trinajstić information content (AvgIpc) is 2.20. The third-order valence-electron chi connectivity index (χ3n) is 1.78. The molecule has 0 saturated heterocycles. The quantitative estimate of drug-likeness (QED) is 0.576. The van der Waals surface area contributed by atoms with Crippen LogP contribution in [0.15, 0.2) is 24.3 Å². The molecule has 0 heterocycles. The van der Waals surface area contributed by atoms with Crippen molar-refractivity contribution in [2.75, 3.05) is 0 Å². The average molecular weight is 136 g/mol. The second-order valence-corrected chi connectivity index (χ2v) is 2.42. The molecule has 2 N–H and O–H groups in total. The second kappa shape index (κ2) is 2.10. The van der Waals surface area contributed by atoms with Crippen molar-refractivity contribution in [2.45, 2.75) is 18.8 Å². The molecule has 2 rings (SSSR count). The van der Waals surface area contributed by atoms with Gasteiger partial charge in [-0.2, -0.15) is 0 Å². The van der Waals surface area contributed by atoms with E-state index in [9.17, 15) is 0 Å². The molecule has 1 aliphatic rings. The first-order valence-corrected chi connectivity index (χ1v) is 3.32. The van der Waals surface area contributed by atoms with E-state index in [0.717, 1.165) is 5.56 Å². The van der Waals surface area contributed by atoms with E-state index in [1.807, 2.05) is 12.1 Å². The molecule has 0 amide bonds. The molecule has 1 heteroatoms. The van der Waals surface area contributed by atoms with E-state index in [4.69, 9.17) is 9.85 Å². The number of rotatable bonds is 0. The summed E-state index contributed by atoms with van der Waals surface area (Å²) in [7, 11) is 0. The lowest BCUT2D eigenvalue weighted by molar-refractivity contribution is 0.713. The lowest BCUT2D eigenvalue weighted by Crippen LogP contribution is -2.04. The van der Waals surface area contributed by atoms with Gasteiger partial charge in [0.1, 0.15) is 0 Å². The molecule has 10 heavy (non-hydrogen) atoms. The molecule has 0 unspecified atom stereocenters. The van der Waals surface area contributed by atoms with Gasteiger partial charge in [-0.1, -0.05) is 24.3 Å². The van der Waals surface area contributed by atoms with E-state index in [1.165, 1.54) is 0 Å². The normalized spacial score (nSPS) is 39.5. The Labute approximate surface area is 65.1 Å². The monoisotopic (exact) mass is 136 g/mol. The molecule has 0 spiro atoms. The molecule has 0 fully saturated rings. The molecule has 1 atom stereocenters. The van der Waals surface area contributed by atoms with Crippen LogP contribution in [0.25, 0.3) is 0 Å². The number of nitrogens with two attached hydrogens (primary N) is 1. The number of hydrogen-bond acceptors (Lipinski definition) is 1. The standard InChI is InChI=1S/C9H11N/c10-9-6-5-7-3-1-2-4-8(7)9/h1-4,9H,5-6,10H2/t9-/m1/s1/i6D2,9D. The van der Waals surface area contributed by atoms with E-state index in [-0.39, 0.29) is 6.42 Å². The molecule has 52 valence electrons. The van der Waals surface area contributed by atoms with E-state index in [0.29, 0.717) is 5.56 Å². The Kier molecular flexibility index (Phi) is 0.742. The zero-order valence-electron chi connectivity index (χ0n) is 8.59. The van der Waals surface area contributed by atoms with Crippen LogP contribution in [0.4, 0.5) is 0 Å². The molecular weight excluding hydrogens is 122 g/mol. The van der Waals surface area contributed by atoms with Crippen LogP contribution in [-0.2, 0) is 6.42 Å². The predicted molar refractivity (Wildman–Crippen MR) is 41.7 cm³/mol. The Morgan fingerprint density at radius 2 is 2.40 bits per heavy atom. The van der Waals surface area contributed by atoms with Crippen molar-refractivity contribution in [1.29, 1.82) is 0 Å². The van der Waals surface area contributed by atoms with Gasteiger partial charge in [0.25, 0.3) is 0 Å². The molecule has 0 bridgehead atoms. The van der Waals surface area contributed by atoms with Crippen LogP contribution < -0.4 is 5.73 Å². The van der Waals surface area contributed by atoms with Crippen LogP contribution >= 0.6 is 0 Å². The fourth-order valence-corrected chi connectivity index (χ4v) is 1.22. The highest BCUT2D eigenvalue weighted by molar-refractivity contribution is 5.33. The molecule has 0 saturated carbocycles. The van der Waals surface area contributed by atoms with Crippen LogP contribution in [0.3, 0.4) is 0 Å². The first-order chi connectivity index (χ1) is 5.95. The van der Waals surface area contributed by atoms with Crippen LogP contribution in [0.2, 0.25) is 0 Å². The van der Waals surface area contributed by atoms with Gasteiger partial charge in [-0.15, -0.1) is 0 Å². The Morgan fingerprint density at radius 1 is 1.60 bits per heavy atom. The van der Waals surface area contributed by atoms with Crippen LogP contribution in [-0.4, -0.2) is 0 Å². The SMILES string of the molecule is [2H]C1([2H])Cc2ccccc2[C@]1([2H])N. The second-order valence-electron chi connectivity index (χ2n) is 2.42. The van der Waals surface area contributed by atoms with Crippen molar-refractivity contribution in [3.63, 3.8) is 0 Å². The Morgan fingerprint density at radius 3 is 3.20 bits per heavy atom. The zero-order valence-corrected chi connectivity index (χ0v) is 5.59. The summed E-state index contributed by atoms with van der Waals surface area (Å²) in [6.45, 7) is 0. The summed E-state index contributed by atoms with van der Waals surface area (Å²) in [4.78, 5) is 0. The van der Waals surface area contributed by atoms with E-state index in [2.05, 4.69) is 0 Å². The Balaban J connectivity index is 2.60. The molecule has 1 aromatic carbocycles. The summed E-state index contributed by atoms with van der Waals surface area (Å²) in [6, 6.07) is 5.60. The summed E-state index contributed by atoms with van der Waals surface area (Å²) in [6.07, 6.45) is -1.42. The van der Waals surface area contributed by atoms with Crippen LogP contribution in [0.5, 0.6) is 0 Å². The van der Waals surface area contributed by atoms with Gasteiger partial charge in [0.2, 0.25) is 0 Å². The fourth-order valence-electron chi connectivity index (χ4n) is 1.22. The van der Waals surface area contributed by atoms with E-state index in [1.54, 1.807) is 12.1 Å². The summed E-state index contributed by atoms with van der Waals surface area (Å²) in [5.74, 6) is 0. The molecule has 0 aromatic heterocycles. The third kappa shape index (κ3) is 0.745. The molecule has 0 radical (unpaired) electrons. The minimum absolute atomic E-state index is 0.239. The zero-order chi connectivity index (χ0) is 9.69. The van der Waals surface area contributed by atoms with Crippen molar-refractivity contribution in [2.24, 2.45) is 5.73 Å². The molecule has 0 aliphatic heterocycles. The van der Waals surface area contributed by atoms with Gasteiger partial charge >= 0.3 is 0 Å². The smallest absolute Gasteiger partial charge is 0.0514 e. The maximum absolute atomic E-state index is 7.77. The minimum Gasteiger partial charge on any atom is -0.324 e. The maximum atomic E-state index is 7.77. The van der Waals surface area contributed by atoms with Gasteiger partial charge in [0.15, 0.2) is 0 Å². The third-order valence-corrected chi connectivity index (χ3v) is 1.78. The Hall–Kier alpha value is -0.820. The van der Waals surface area contributed by atoms with Crippen molar-refractivity contribution in [1.82, 2.24) is 0 Å². The predicted octanol–water partition coefficient (Wildman–Crippen LogP) is 1.63. The summed E-state index contributed by atoms with van der Waals surface area (Å²) >= 11 is 0. The van der Waals surface area contributed by atoms with Gasteiger partial charge in [-0.25, -0.2) is 0 Å². The Bertz CT molecular complexity index is 346. The lowest BCUT2D eigenvalue weighted by Gasteiger charge is -2.01. The number of aryl methyl sites for hydroxylation is 1. The van der Waals surface area contributed by atoms with Crippen LogP contribution in [0.1, 0.15) is 27.6 Å². The van der Waals surface area contributed by atoms with Gasteiger partial charge in [0, 0.05) is 8.76 Å². The van der Waals surface area contributed by atoms with Crippen molar-refractivity contribution < 1.29 is 4.11 Å². The number of fused-ring (bicyclic) bond motifs is 1. The molecular formula is C9H11N. The largest absolute Gasteiger partial charge is 0.324 e. The minimum atomic E-state index is -1.66. The first-order valence-electron chi connectivity index (χ1n) is 4.82. The first kappa shape index (κ1) is 3.54. The summed E-state index contributed by atoms with van der Waals surface area (Å²) in [5, 5.41) is 0. The number of benzene rings is 1. The van der Waals surface area contributed by atoms with Gasteiger partial charge in [-0.05, 0) is 23.9 Å². The highest BCUT2D eigenvalue weighted by atomic mass is 14.6. The van der Waals surface area contributed by atoms with Gasteiger partial charge in [-0.3, -0.25) is 0 Å². The van der Waals surface area contributed by atoms with Gasteiger partial charge < -0.3 is 5.73 Å². The molecule has 1 aromatic rings. The van der Waals surface area contributed by atoms with Gasteiger partial charge in [0.05, 0.1) is 1.37 Å². The van der Waals surface area contributed by atoms with Crippen molar-refractivity contribution in [3.05, 3.63) is 35.4 Å². The summed E-state index contributed by atoms with van der Waals surface area (Å²) in [5.41, 5.74) is 7.12. The highest BCUT2D eigenvalue weighted by Crippen LogP contribution is 2.28. The highest BCUT2D eigenvalue weighted by Gasteiger charge is 2.16. The topological polar surface area (TPSA) is 26.0 Å². The fraction of sp³-hybridized carbons (Fsp3) is 0.333. The number of hydrogen-bond donors (Lipinski definition) is 1. The summed E-state index contributed by atoms with van der Waals surface area (Å²) < 4.78 is 23.0. The maximum Gasteiger partial charge on any atom is 0.0514 e. The van der Waals surface area contributed by atoms with Crippen molar-refractivity contribution >= 4 is 0 Å². The van der Waals surface area contributed by atoms with Crippen LogP contribution in [0, 0.1) is 0 Å².